The van der Waals surface area contributed by atoms with Gasteiger partial charge in [0.05, 0.1) is 15.9 Å². The average Bonchev–Trinajstić information content (AvgIpc) is 2.77. The van der Waals surface area contributed by atoms with E-state index in [1.54, 1.807) is 24.3 Å². The Morgan fingerprint density at radius 2 is 1.88 bits per heavy atom. The molecular formula is C13H10N2OS. The van der Waals surface area contributed by atoms with Crippen molar-refractivity contribution in [2.24, 2.45) is 0 Å². The molecule has 0 aliphatic heterocycles. The Kier molecular flexibility index (Phi) is 2.21. The van der Waals surface area contributed by atoms with Gasteiger partial charge in [0.15, 0.2) is 5.60 Å². The van der Waals surface area contributed by atoms with Crippen molar-refractivity contribution in [1.29, 1.82) is 5.41 Å². The van der Waals surface area contributed by atoms with Crippen LogP contribution < -0.4 is 0 Å². The smallest absolute Gasteiger partial charge is 0.153 e. The molecule has 3 nitrogen and oxygen atoms in total. The first-order valence-electron chi connectivity index (χ1n) is 5.23. The maximum Gasteiger partial charge on any atom is 0.153 e. The molecule has 0 unspecified atom stereocenters. The van der Waals surface area contributed by atoms with Crippen molar-refractivity contribution in [1.82, 2.24) is 4.98 Å². The Labute approximate surface area is 102 Å². The summed E-state index contributed by atoms with van der Waals surface area (Å²) < 4.78 is 1.05. The molecule has 0 spiro atoms. The van der Waals surface area contributed by atoms with E-state index in [0.717, 1.165) is 10.2 Å². The van der Waals surface area contributed by atoms with Crippen LogP contribution in [0.15, 0.2) is 48.6 Å². The highest BCUT2D eigenvalue weighted by atomic mass is 32.1. The molecule has 1 heterocycles. The summed E-state index contributed by atoms with van der Waals surface area (Å²) in [6.07, 6.45) is 6.39. The van der Waals surface area contributed by atoms with Crippen molar-refractivity contribution in [3.05, 3.63) is 53.6 Å². The van der Waals surface area contributed by atoms with Crippen molar-refractivity contribution in [2.75, 3.05) is 0 Å². The molecular weight excluding hydrogens is 232 g/mol. The van der Waals surface area contributed by atoms with Crippen molar-refractivity contribution >= 4 is 27.3 Å². The van der Waals surface area contributed by atoms with Crippen molar-refractivity contribution in [2.45, 2.75) is 5.60 Å². The van der Waals surface area contributed by atoms with Gasteiger partial charge in [0.25, 0.3) is 0 Å². The molecule has 0 fully saturated rings. The number of hydrogen-bond donors (Lipinski definition) is 2. The molecule has 17 heavy (non-hydrogen) atoms. The first-order valence-corrected chi connectivity index (χ1v) is 6.04. The summed E-state index contributed by atoms with van der Waals surface area (Å²) in [4.78, 5) is 4.43. The number of nitrogens with one attached hydrogen (secondary N) is 1. The van der Waals surface area contributed by atoms with Gasteiger partial charge in [-0.15, -0.1) is 11.3 Å². The second kappa shape index (κ2) is 3.61. The highest BCUT2D eigenvalue weighted by Gasteiger charge is 2.28. The monoisotopic (exact) mass is 242 g/mol. The molecule has 1 aliphatic carbocycles. The molecule has 0 amide bonds. The fourth-order valence-corrected chi connectivity index (χ4v) is 2.75. The lowest BCUT2D eigenvalue weighted by atomic mass is 9.98. The summed E-state index contributed by atoms with van der Waals surface area (Å²) in [7, 11) is 0. The topological polar surface area (TPSA) is 57.0 Å². The van der Waals surface area contributed by atoms with E-state index >= 15 is 0 Å². The summed E-state index contributed by atoms with van der Waals surface area (Å²) in [5.74, 6) is 0. The van der Waals surface area contributed by atoms with Crippen LogP contribution in [0.1, 0.15) is 5.01 Å². The van der Waals surface area contributed by atoms with E-state index < -0.39 is 5.60 Å². The van der Waals surface area contributed by atoms with Crippen LogP contribution in [0.5, 0.6) is 0 Å². The zero-order valence-electron chi connectivity index (χ0n) is 8.92. The van der Waals surface area contributed by atoms with E-state index in [-0.39, 0.29) is 0 Å². The molecule has 1 aromatic heterocycles. The van der Waals surface area contributed by atoms with Gasteiger partial charge in [-0.3, -0.25) is 0 Å². The molecule has 0 bridgehead atoms. The van der Waals surface area contributed by atoms with Crippen LogP contribution in [-0.4, -0.2) is 15.8 Å². The third-order valence-electron chi connectivity index (χ3n) is 2.67. The maximum atomic E-state index is 10.4. The number of allylic oxidation sites excluding steroid dienone is 2. The number of aliphatic hydroxyl groups is 1. The number of thiazole rings is 1. The van der Waals surface area contributed by atoms with Gasteiger partial charge >= 0.3 is 0 Å². The number of aromatic nitrogens is 1. The average molecular weight is 242 g/mol. The van der Waals surface area contributed by atoms with E-state index in [2.05, 4.69) is 4.98 Å². The Balaban J connectivity index is 2.12. The molecule has 0 radical (unpaired) electrons. The van der Waals surface area contributed by atoms with E-state index in [1.807, 2.05) is 24.3 Å². The predicted molar refractivity (Wildman–Crippen MR) is 69.5 cm³/mol. The van der Waals surface area contributed by atoms with Crippen LogP contribution in [0.3, 0.4) is 0 Å². The summed E-state index contributed by atoms with van der Waals surface area (Å²) >= 11 is 1.47. The maximum absolute atomic E-state index is 10.4. The highest BCUT2D eigenvalue weighted by molar-refractivity contribution is 7.18. The normalized spacial score (nSPS) is 23.5. The highest BCUT2D eigenvalue weighted by Crippen LogP contribution is 2.33. The lowest BCUT2D eigenvalue weighted by Gasteiger charge is -2.19. The Morgan fingerprint density at radius 3 is 2.59 bits per heavy atom. The molecule has 1 aromatic carbocycles. The van der Waals surface area contributed by atoms with Crippen LogP contribution in [0.25, 0.3) is 10.2 Å². The summed E-state index contributed by atoms with van der Waals surface area (Å²) in [5.41, 5.74) is 0.105. The third-order valence-corrected chi connectivity index (χ3v) is 3.85. The zero-order chi connectivity index (χ0) is 11.9. The Morgan fingerprint density at radius 1 is 1.18 bits per heavy atom. The Bertz CT molecular complexity index is 605. The van der Waals surface area contributed by atoms with Gasteiger partial charge in [-0.25, -0.2) is 4.98 Å². The predicted octanol–water partition coefficient (Wildman–Crippen LogP) is 2.63. The van der Waals surface area contributed by atoms with Gasteiger partial charge in [-0.1, -0.05) is 12.1 Å². The number of para-hydroxylation sites is 1. The number of rotatable bonds is 1. The van der Waals surface area contributed by atoms with E-state index in [9.17, 15) is 5.11 Å². The number of benzene rings is 1. The first-order chi connectivity index (χ1) is 8.17. The second-order valence-electron chi connectivity index (χ2n) is 3.93. The van der Waals surface area contributed by atoms with E-state index in [1.165, 1.54) is 11.3 Å². The molecule has 3 rings (SSSR count). The summed E-state index contributed by atoms with van der Waals surface area (Å²) in [5, 5.41) is 18.5. The first kappa shape index (κ1) is 10.4. The van der Waals surface area contributed by atoms with Gasteiger partial charge in [0.1, 0.15) is 5.01 Å². The van der Waals surface area contributed by atoms with Crippen molar-refractivity contribution < 1.29 is 5.11 Å². The Hall–Kier alpha value is -1.78. The minimum absolute atomic E-state index is 0.385. The van der Waals surface area contributed by atoms with Crippen molar-refractivity contribution in [3.63, 3.8) is 0 Å². The molecule has 2 N–H and O–H groups in total. The van der Waals surface area contributed by atoms with Gasteiger partial charge in [-0.2, -0.15) is 0 Å². The fraction of sp³-hybridized carbons (Fsp3) is 0.0769. The lowest BCUT2D eigenvalue weighted by Crippen LogP contribution is -2.22. The zero-order valence-corrected chi connectivity index (χ0v) is 9.74. The second-order valence-corrected chi connectivity index (χ2v) is 4.96. The van der Waals surface area contributed by atoms with Gasteiger partial charge in [0, 0.05) is 0 Å². The van der Waals surface area contributed by atoms with Crippen LogP contribution in [0, 0.1) is 5.41 Å². The van der Waals surface area contributed by atoms with Gasteiger partial charge < -0.3 is 10.5 Å². The molecule has 2 aromatic rings. The molecule has 84 valence electrons. The fourth-order valence-electron chi connectivity index (χ4n) is 1.73. The quantitative estimate of drug-likeness (QED) is 0.807. The minimum atomic E-state index is -1.17. The largest absolute Gasteiger partial charge is 0.375 e. The molecule has 0 saturated heterocycles. The van der Waals surface area contributed by atoms with Gasteiger partial charge in [0.2, 0.25) is 0 Å². The standard InChI is InChI=1S/C13H10N2OS/c14-9-5-7-13(16,8-6-9)12-15-10-3-1-2-4-11(10)17-12/h1-8,14,16H. The number of nitrogens with zero attached hydrogens (tertiary/aromatic N) is 1. The molecule has 4 heteroatoms. The molecule has 0 atom stereocenters. The van der Waals surface area contributed by atoms with E-state index in [0.29, 0.717) is 10.7 Å². The van der Waals surface area contributed by atoms with Crippen molar-refractivity contribution in [3.8, 4) is 0 Å². The van der Waals surface area contributed by atoms with Gasteiger partial charge in [-0.05, 0) is 36.4 Å². The van der Waals surface area contributed by atoms with E-state index in [4.69, 9.17) is 5.41 Å². The SMILES string of the molecule is N=C1C=CC(O)(c2nc3ccccc3s2)C=C1. The van der Waals surface area contributed by atoms with Crippen LogP contribution in [0.2, 0.25) is 0 Å². The summed E-state index contributed by atoms with van der Waals surface area (Å²) in [6.45, 7) is 0. The molecule has 0 saturated carbocycles. The minimum Gasteiger partial charge on any atom is -0.375 e. The number of fused-ring (bicyclic) bond motifs is 1. The molecule has 1 aliphatic rings. The third kappa shape index (κ3) is 1.71. The van der Waals surface area contributed by atoms with Crippen LogP contribution in [0.4, 0.5) is 0 Å². The van der Waals surface area contributed by atoms with Crippen LogP contribution in [-0.2, 0) is 5.60 Å². The summed E-state index contributed by atoms with van der Waals surface area (Å²) in [6, 6.07) is 7.80. The van der Waals surface area contributed by atoms with Crippen LogP contribution >= 0.6 is 11.3 Å². The lowest BCUT2D eigenvalue weighted by molar-refractivity contribution is 0.143. The number of hydrogen-bond acceptors (Lipinski definition) is 4.